The fourth-order valence-electron chi connectivity index (χ4n) is 0.737. The number of hydrogen-bond donors (Lipinski definition) is 0. The molecule has 0 aliphatic carbocycles. The van der Waals surface area contributed by atoms with E-state index in [1.54, 1.807) is 42.3 Å². The Morgan fingerprint density at radius 3 is 2.83 bits per heavy atom. The molecule has 0 unspecified atom stereocenters. The van der Waals surface area contributed by atoms with Gasteiger partial charge in [-0.2, -0.15) is 0 Å². The Balaban J connectivity index is 2.27. The summed E-state index contributed by atoms with van der Waals surface area (Å²) < 4.78 is 0.978. The highest BCUT2D eigenvalue weighted by Gasteiger charge is 2.01. The molecule has 1 aliphatic heterocycles. The molecular formula is C7H4S5. The average Bonchev–Trinajstić information content (AvgIpc) is 2.63. The van der Waals surface area contributed by atoms with Crippen molar-refractivity contribution in [2.45, 2.75) is 0 Å². The van der Waals surface area contributed by atoms with Gasteiger partial charge in [-0.25, -0.2) is 0 Å². The molecule has 0 amide bonds. The van der Waals surface area contributed by atoms with E-state index in [-0.39, 0.29) is 0 Å². The number of rotatable bonds is 1. The highest BCUT2D eigenvalue weighted by atomic mass is 33.1. The van der Waals surface area contributed by atoms with Crippen LogP contribution in [0.2, 0.25) is 0 Å². The summed E-state index contributed by atoms with van der Waals surface area (Å²) in [6.45, 7) is 0. The van der Waals surface area contributed by atoms with Gasteiger partial charge < -0.3 is 0 Å². The molecule has 0 atom stereocenters. The lowest BCUT2D eigenvalue weighted by Crippen LogP contribution is -1.61. The summed E-state index contributed by atoms with van der Waals surface area (Å²) in [4.78, 5) is 2.57. The molecule has 0 fully saturated rings. The first-order chi connectivity index (χ1) is 5.84. The molecule has 0 aromatic carbocycles. The van der Waals surface area contributed by atoms with E-state index in [4.69, 9.17) is 12.2 Å². The van der Waals surface area contributed by atoms with Crippen molar-refractivity contribution in [2.24, 2.45) is 0 Å². The fourth-order valence-corrected chi connectivity index (χ4v) is 4.79. The first-order valence-electron chi connectivity index (χ1n) is 3.16. The van der Waals surface area contributed by atoms with Crippen LogP contribution in [0.25, 0.3) is 6.08 Å². The number of hydrogen-bond acceptors (Lipinski definition) is 5. The molecule has 2 rings (SSSR count). The van der Waals surface area contributed by atoms with Gasteiger partial charge in [0.15, 0.2) is 0 Å². The molecule has 5 heteroatoms. The highest BCUT2D eigenvalue weighted by molar-refractivity contribution is 8.79. The van der Waals surface area contributed by atoms with Gasteiger partial charge in [-0.3, -0.25) is 0 Å². The van der Waals surface area contributed by atoms with E-state index in [0.29, 0.717) is 0 Å². The second-order valence-electron chi connectivity index (χ2n) is 2.06. The Morgan fingerprint density at radius 2 is 2.25 bits per heavy atom. The van der Waals surface area contributed by atoms with Crippen molar-refractivity contribution in [1.29, 1.82) is 0 Å². The monoisotopic (exact) mass is 248 g/mol. The zero-order valence-electron chi connectivity index (χ0n) is 5.85. The molecule has 2 heterocycles. The van der Waals surface area contributed by atoms with E-state index >= 15 is 0 Å². The Hall–Kier alpha value is 0.450. The van der Waals surface area contributed by atoms with Crippen LogP contribution >= 0.6 is 54.5 Å². The smallest absolute Gasteiger partial charge is 0.0791 e. The summed E-state index contributed by atoms with van der Waals surface area (Å²) in [5.41, 5.74) is 0. The van der Waals surface area contributed by atoms with Gasteiger partial charge in [-0.15, -0.1) is 0 Å². The lowest BCUT2D eigenvalue weighted by Gasteiger charge is -1.87. The summed E-state index contributed by atoms with van der Waals surface area (Å²) in [6, 6.07) is 2.05. The van der Waals surface area contributed by atoms with Crippen LogP contribution in [0.5, 0.6) is 0 Å². The maximum atomic E-state index is 5.04. The Bertz CT molecular complexity index is 381. The van der Waals surface area contributed by atoms with Crippen LogP contribution in [0.3, 0.4) is 0 Å². The highest BCUT2D eigenvalue weighted by Crippen LogP contribution is 2.40. The summed E-state index contributed by atoms with van der Waals surface area (Å²) in [5, 5.41) is 2.10. The third-order valence-electron chi connectivity index (χ3n) is 1.20. The minimum atomic E-state index is 0.978. The van der Waals surface area contributed by atoms with Gasteiger partial charge in [0.1, 0.15) is 3.82 Å². The number of allylic oxidation sites excluding steroid dienone is 1. The average molecular weight is 248 g/mol. The largest absolute Gasteiger partial charge is 0.102 e. The fraction of sp³-hybridized carbons (Fsp3) is 0. The standard InChI is InChI=1S/C7H4S5/c8-7-4-6(11-12-7)3-5-1-2-9-10-5/h1-4H. The second-order valence-corrected chi connectivity index (χ2v) is 7.18. The van der Waals surface area contributed by atoms with Crippen molar-refractivity contribution in [3.05, 3.63) is 31.2 Å². The summed E-state index contributed by atoms with van der Waals surface area (Å²) in [6.07, 6.45) is 4.31. The maximum Gasteiger partial charge on any atom is 0.102 e. The van der Waals surface area contributed by atoms with Gasteiger partial charge in [0.05, 0.1) is 0 Å². The van der Waals surface area contributed by atoms with Crippen LogP contribution in [0, 0.1) is 3.82 Å². The van der Waals surface area contributed by atoms with Crippen molar-refractivity contribution in [2.75, 3.05) is 0 Å². The molecule has 1 aromatic heterocycles. The van der Waals surface area contributed by atoms with Crippen LogP contribution in [0.4, 0.5) is 0 Å². The minimum Gasteiger partial charge on any atom is -0.0791 e. The molecule has 1 aromatic rings. The van der Waals surface area contributed by atoms with Crippen molar-refractivity contribution in [1.82, 2.24) is 0 Å². The molecule has 0 nitrogen and oxygen atoms in total. The topological polar surface area (TPSA) is 0 Å². The molecule has 0 saturated heterocycles. The summed E-state index contributed by atoms with van der Waals surface area (Å²) >= 11 is 5.04. The first kappa shape index (κ1) is 9.02. The van der Waals surface area contributed by atoms with Crippen molar-refractivity contribution < 1.29 is 0 Å². The van der Waals surface area contributed by atoms with E-state index in [2.05, 4.69) is 23.6 Å². The van der Waals surface area contributed by atoms with E-state index in [9.17, 15) is 0 Å². The molecule has 0 spiro atoms. The normalized spacial score (nSPS) is 19.2. The van der Waals surface area contributed by atoms with Gasteiger partial charge in [0, 0.05) is 9.78 Å². The second kappa shape index (κ2) is 4.11. The van der Waals surface area contributed by atoms with E-state index < -0.39 is 0 Å². The Morgan fingerprint density at radius 1 is 1.33 bits per heavy atom. The van der Waals surface area contributed by atoms with Crippen LogP contribution in [0.15, 0.2) is 22.5 Å². The van der Waals surface area contributed by atoms with Crippen LogP contribution in [-0.4, -0.2) is 0 Å². The molecular weight excluding hydrogens is 244 g/mol. The van der Waals surface area contributed by atoms with E-state index in [0.717, 1.165) is 3.82 Å². The SMILES string of the molecule is S=c1cc(C=C2C=CSS2)ss1. The minimum absolute atomic E-state index is 0.978. The lowest BCUT2D eigenvalue weighted by molar-refractivity contribution is 1.93. The van der Waals surface area contributed by atoms with Gasteiger partial charge in [-0.1, -0.05) is 54.5 Å². The third kappa shape index (κ3) is 2.23. The van der Waals surface area contributed by atoms with Crippen LogP contribution in [-0.2, 0) is 0 Å². The van der Waals surface area contributed by atoms with Gasteiger partial charge >= 0.3 is 0 Å². The molecule has 12 heavy (non-hydrogen) atoms. The molecule has 0 bridgehead atoms. The summed E-state index contributed by atoms with van der Waals surface area (Å²) in [5.74, 6) is 0. The molecule has 0 N–H and O–H groups in total. The van der Waals surface area contributed by atoms with Crippen LogP contribution < -0.4 is 0 Å². The van der Waals surface area contributed by atoms with Crippen LogP contribution in [0.1, 0.15) is 4.88 Å². The van der Waals surface area contributed by atoms with Gasteiger partial charge in [0.2, 0.25) is 0 Å². The molecule has 0 saturated carbocycles. The summed E-state index contributed by atoms with van der Waals surface area (Å²) in [7, 11) is 6.95. The first-order valence-corrected chi connectivity index (χ1v) is 7.93. The van der Waals surface area contributed by atoms with Crippen molar-refractivity contribution in [3.8, 4) is 0 Å². The third-order valence-corrected chi connectivity index (χ3v) is 6.03. The quantitative estimate of drug-likeness (QED) is 0.518. The zero-order valence-corrected chi connectivity index (χ0v) is 9.93. The van der Waals surface area contributed by atoms with E-state index in [1.807, 2.05) is 0 Å². The lowest BCUT2D eigenvalue weighted by atomic mass is 10.4. The van der Waals surface area contributed by atoms with E-state index in [1.165, 1.54) is 9.78 Å². The maximum absolute atomic E-state index is 5.04. The zero-order chi connectivity index (χ0) is 8.39. The Kier molecular flexibility index (Phi) is 3.09. The molecule has 0 radical (unpaired) electrons. The Labute approximate surface area is 91.2 Å². The predicted octanol–water partition coefficient (Wildman–Crippen LogP) is 4.79. The van der Waals surface area contributed by atoms with Gasteiger partial charge in [-0.05, 0) is 23.6 Å². The molecule has 62 valence electrons. The van der Waals surface area contributed by atoms with Gasteiger partial charge in [0.25, 0.3) is 0 Å². The van der Waals surface area contributed by atoms with Crippen molar-refractivity contribution in [3.63, 3.8) is 0 Å². The predicted molar refractivity (Wildman–Crippen MR) is 65.3 cm³/mol. The van der Waals surface area contributed by atoms with Crippen molar-refractivity contribution >= 4 is 60.6 Å². The molecule has 1 aliphatic rings.